The molecule has 0 heterocycles. The number of sulfonamides is 1. The highest BCUT2D eigenvalue weighted by atomic mass is 32.2. The van der Waals surface area contributed by atoms with Crippen molar-refractivity contribution >= 4 is 33.5 Å². The maximum absolute atomic E-state index is 12.1. The fourth-order valence-electron chi connectivity index (χ4n) is 1.94. The van der Waals surface area contributed by atoms with Gasteiger partial charge in [-0.05, 0) is 30.3 Å². The minimum atomic E-state index is -3.99. The average molecular weight is 378 g/mol. The zero-order valence-corrected chi connectivity index (χ0v) is 14.2. The first kappa shape index (κ1) is 18.9. The summed E-state index contributed by atoms with van der Waals surface area (Å²) < 4.78 is 24.3. The number of carbonyl (C=O) groups is 1. The van der Waals surface area contributed by atoms with Crippen molar-refractivity contribution in [1.82, 2.24) is 4.83 Å². The van der Waals surface area contributed by atoms with Crippen molar-refractivity contribution < 1.29 is 23.2 Å². The molecule has 0 bridgehead atoms. The maximum atomic E-state index is 12.1. The lowest BCUT2D eigenvalue weighted by atomic mass is 10.2. The van der Waals surface area contributed by atoms with Gasteiger partial charge in [-0.2, -0.15) is 13.5 Å². The molecule has 2 rings (SSSR count). The summed E-state index contributed by atoms with van der Waals surface area (Å²) in [5.41, 5.74) is -0.116. The number of nitrogens with zero attached hydrogens (tertiary/aromatic N) is 2. The first-order valence-electron chi connectivity index (χ1n) is 7.09. The zero-order valence-electron chi connectivity index (χ0n) is 13.4. The number of hydrazone groups is 1. The summed E-state index contributed by atoms with van der Waals surface area (Å²) in [5, 5.41) is 26.5. The summed E-state index contributed by atoms with van der Waals surface area (Å²) >= 11 is 0. The van der Waals surface area contributed by atoms with Crippen LogP contribution in [0.2, 0.25) is 0 Å². The first-order chi connectivity index (χ1) is 12.2. The number of rotatable bonds is 6. The highest BCUT2D eigenvalue weighted by molar-refractivity contribution is 7.89. The van der Waals surface area contributed by atoms with Crippen LogP contribution in [0.1, 0.15) is 12.5 Å². The fraction of sp³-hybridized carbons (Fsp3) is 0.0667. The van der Waals surface area contributed by atoms with Gasteiger partial charge in [-0.15, -0.1) is 0 Å². The summed E-state index contributed by atoms with van der Waals surface area (Å²) in [6, 6.07) is 9.13. The lowest BCUT2D eigenvalue weighted by Crippen LogP contribution is -2.18. The van der Waals surface area contributed by atoms with E-state index in [2.05, 4.69) is 10.4 Å². The highest BCUT2D eigenvalue weighted by Gasteiger charge is 2.16. The Morgan fingerprint density at radius 2 is 1.88 bits per heavy atom. The number of nitro benzene ring substituents is 1. The van der Waals surface area contributed by atoms with Gasteiger partial charge in [0.05, 0.1) is 16.0 Å². The molecule has 0 spiro atoms. The molecule has 0 unspecified atom stereocenters. The van der Waals surface area contributed by atoms with Gasteiger partial charge in [0, 0.05) is 24.2 Å². The molecular weight excluding hydrogens is 364 g/mol. The summed E-state index contributed by atoms with van der Waals surface area (Å²) in [7, 11) is -3.99. The van der Waals surface area contributed by atoms with Crippen molar-refractivity contribution in [2.45, 2.75) is 11.8 Å². The Morgan fingerprint density at radius 1 is 1.23 bits per heavy atom. The lowest BCUT2D eigenvalue weighted by molar-refractivity contribution is -0.385. The molecule has 0 aliphatic carbocycles. The molecule has 1 amide bonds. The van der Waals surface area contributed by atoms with E-state index in [1.807, 2.05) is 4.83 Å². The van der Waals surface area contributed by atoms with Crippen LogP contribution in [0, 0.1) is 10.1 Å². The number of phenolic OH excluding ortho intramolecular Hbond substituents is 1. The van der Waals surface area contributed by atoms with Crippen LogP contribution in [0.4, 0.5) is 11.4 Å². The van der Waals surface area contributed by atoms with Gasteiger partial charge in [-0.25, -0.2) is 4.83 Å². The van der Waals surface area contributed by atoms with Gasteiger partial charge in [0.15, 0.2) is 0 Å². The molecule has 0 aromatic heterocycles. The van der Waals surface area contributed by atoms with E-state index >= 15 is 0 Å². The van der Waals surface area contributed by atoms with Crippen LogP contribution in [0.25, 0.3) is 0 Å². The minimum Gasteiger partial charge on any atom is -0.502 e. The van der Waals surface area contributed by atoms with Gasteiger partial charge < -0.3 is 10.4 Å². The number of hydrogen-bond acceptors (Lipinski definition) is 7. The number of aromatic hydroxyl groups is 1. The van der Waals surface area contributed by atoms with E-state index in [1.54, 1.807) is 0 Å². The molecule has 0 saturated heterocycles. The quantitative estimate of drug-likeness (QED) is 0.394. The van der Waals surface area contributed by atoms with Crippen LogP contribution in [0.3, 0.4) is 0 Å². The van der Waals surface area contributed by atoms with Gasteiger partial charge in [0.1, 0.15) is 0 Å². The molecule has 2 aromatic rings. The van der Waals surface area contributed by atoms with Gasteiger partial charge >= 0.3 is 5.69 Å². The molecule has 2 aromatic carbocycles. The summed E-state index contributed by atoms with van der Waals surface area (Å²) in [6.07, 6.45) is 0.950. The normalized spacial score (nSPS) is 11.3. The second kappa shape index (κ2) is 7.61. The van der Waals surface area contributed by atoms with Gasteiger partial charge in [0.25, 0.3) is 10.0 Å². The molecular formula is C15H14N4O6S. The predicted octanol–water partition coefficient (Wildman–Crippen LogP) is 1.57. The number of amides is 1. The van der Waals surface area contributed by atoms with E-state index in [1.165, 1.54) is 43.3 Å². The van der Waals surface area contributed by atoms with E-state index < -0.39 is 26.4 Å². The molecule has 26 heavy (non-hydrogen) atoms. The van der Waals surface area contributed by atoms with Crippen LogP contribution >= 0.6 is 0 Å². The molecule has 0 radical (unpaired) electrons. The van der Waals surface area contributed by atoms with Gasteiger partial charge in [0.2, 0.25) is 11.7 Å². The lowest BCUT2D eigenvalue weighted by Gasteiger charge is -2.05. The molecule has 136 valence electrons. The molecule has 0 aliphatic heterocycles. The van der Waals surface area contributed by atoms with Crippen LogP contribution in [-0.2, 0) is 14.8 Å². The number of para-hydroxylation sites is 1. The maximum Gasteiger partial charge on any atom is 0.311 e. The summed E-state index contributed by atoms with van der Waals surface area (Å²) in [6.45, 7) is 1.32. The van der Waals surface area contributed by atoms with E-state index in [4.69, 9.17) is 0 Å². The van der Waals surface area contributed by atoms with E-state index in [0.717, 1.165) is 12.3 Å². The first-order valence-corrected chi connectivity index (χ1v) is 8.58. The molecule has 0 saturated carbocycles. The number of hydrogen-bond donors (Lipinski definition) is 3. The van der Waals surface area contributed by atoms with E-state index in [0.29, 0.717) is 5.69 Å². The number of carbonyl (C=O) groups excluding carboxylic acids is 1. The van der Waals surface area contributed by atoms with Crippen molar-refractivity contribution in [3.05, 3.63) is 58.1 Å². The molecule has 0 fully saturated rings. The van der Waals surface area contributed by atoms with Crippen LogP contribution in [0.15, 0.2) is 52.5 Å². The minimum absolute atomic E-state index is 0.0251. The number of anilines is 1. The largest absolute Gasteiger partial charge is 0.502 e. The van der Waals surface area contributed by atoms with Crippen molar-refractivity contribution in [1.29, 1.82) is 0 Å². The molecule has 11 heteroatoms. The van der Waals surface area contributed by atoms with Crippen LogP contribution in [0.5, 0.6) is 5.75 Å². The Balaban J connectivity index is 2.15. The number of phenols is 1. The standard InChI is InChI=1S/C15H14N4O6S/c1-10(20)17-12-5-7-13(8-6-12)26(24,25)18-16-9-11-3-2-4-14(15(11)21)19(22)23/h2-9,18,21H,1H3,(H,17,20)/b16-9+. The Kier molecular flexibility index (Phi) is 5.52. The number of nitrogens with one attached hydrogen (secondary N) is 2. The van der Waals surface area contributed by atoms with E-state index in [9.17, 15) is 28.4 Å². The molecule has 3 N–H and O–H groups in total. The van der Waals surface area contributed by atoms with Gasteiger partial charge in [-0.3, -0.25) is 14.9 Å². The van der Waals surface area contributed by atoms with Crippen molar-refractivity contribution in [2.24, 2.45) is 5.10 Å². The van der Waals surface area contributed by atoms with Crippen LogP contribution in [-0.4, -0.2) is 30.6 Å². The molecule has 0 aliphatic rings. The van der Waals surface area contributed by atoms with Crippen molar-refractivity contribution in [2.75, 3.05) is 5.32 Å². The monoisotopic (exact) mass is 378 g/mol. The average Bonchev–Trinajstić information content (AvgIpc) is 2.56. The van der Waals surface area contributed by atoms with Crippen molar-refractivity contribution in [3.8, 4) is 5.75 Å². The topological polar surface area (TPSA) is 151 Å². The Bertz CT molecular complexity index is 970. The number of nitro groups is 1. The van der Waals surface area contributed by atoms with Crippen LogP contribution < -0.4 is 10.1 Å². The highest BCUT2D eigenvalue weighted by Crippen LogP contribution is 2.27. The Hall–Kier alpha value is -3.47. The smallest absolute Gasteiger partial charge is 0.311 e. The molecule has 0 atom stereocenters. The van der Waals surface area contributed by atoms with Gasteiger partial charge in [-0.1, -0.05) is 6.07 Å². The summed E-state index contributed by atoms with van der Waals surface area (Å²) in [5.74, 6) is -0.916. The summed E-state index contributed by atoms with van der Waals surface area (Å²) in [4.78, 5) is 22.7. The zero-order chi connectivity index (χ0) is 19.3. The third-order valence-electron chi connectivity index (χ3n) is 3.10. The fourth-order valence-corrected chi connectivity index (χ4v) is 2.73. The Labute approximate surface area is 148 Å². The Morgan fingerprint density at radius 3 is 2.46 bits per heavy atom. The SMILES string of the molecule is CC(=O)Nc1ccc(S(=O)(=O)N/N=C/c2cccc([N+](=O)[O-])c2O)cc1. The third kappa shape index (κ3) is 4.54. The number of benzene rings is 2. The molecule has 10 nitrogen and oxygen atoms in total. The van der Waals surface area contributed by atoms with Crippen molar-refractivity contribution in [3.63, 3.8) is 0 Å². The predicted molar refractivity (Wildman–Crippen MR) is 93.4 cm³/mol. The van der Waals surface area contributed by atoms with E-state index in [-0.39, 0.29) is 16.4 Å². The second-order valence-corrected chi connectivity index (χ2v) is 6.69. The second-order valence-electron chi connectivity index (χ2n) is 5.03. The third-order valence-corrected chi connectivity index (χ3v) is 4.34.